The van der Waals surface area contributed by atoms with Gasteiger partial charge < -0.3 is 15.4 Å². The molecule has 0 aliphatic carbocycles. The summed E-state index contributed by atoms with van der Waals surface area (Å²) in [5.41, 5.74) is 0.809. The summed E-state index contributed by atoms with van der Waals surface area (Å²) in [5, 5.41) is 17.6. The standard InChI is InChI=1S/C14H21N3O3/c1-2-6-20-14-8-12(7-13(9-14)17(18)19)16-11-4-3-5-15-10-11/h7-9,11,15-16H,2-6,10H2,1H3. The highest BCUT2D eigenvalue weighted by Crippen LogP contribution is 2.27. The van der Waals surface area contributed by atoms with Gasteiger partial charge >= 0.3 is 0 Å². The Morgan fingerprint density at radius 3 is 3.00 bits per heavy atom. The van der Waals surface area contributed by atoms with E-state index in [2.05, 4.69) is 10.6 Å². The van der Waals surface area contributed by atoms with Crippen molar-refractivity contribution in [2.45, 2.75) is 32.2 Å². The van der Waals surface area contributed by atoms with Crippen LogP contribution in [0.3, 0.4) is 0 Å². The van der Waals surface area contributed by atoms with E-state index in [-0.39, 0.29) is 10.6 Å². The number of piperidine rings is 1. The number of rotatable bonds is 6. The Bertz CT molecular complexity index is 459. The molecule has 2 N–H and O–H groups in total. The van der Waals surface area contributed by atoms with Crippen LogP contribution in [-0.2, 0) is 0 Å². The molecule has 2 rings (SSSR count). The fourth-order valence-corrected chi connectivity index (χ4v) is 2.29. The van der Waals surface area contributed by atoms with Gasteiger partial charge in [0, 0.05) is 30.4 Å². The minimum atomic E-state index is -0.386. The number of hydrogen-bond donors (Lipinski definition) is 2. The monoisotopic (exact) mass is 279 g/mol. The molecule has 0 aromatic heterocycles. The zero-order valence-corrected chi connectivity index (χ0v) is 11.7. The van der Waals surface area contributed by atoms with Gasteiger partial charge in [0.15, 0.2) is 0 Å². The molecular weight excluding hydrogens is 258 g/mol. The second-order valence-corrected chi connectivity index (χ2v) is 5.01. The number of ether oxygens (including phenoxy) is 1. The molecule has 1 heterocycles. The van der Waals surface area contributed by atoms with E-state index < -0.39 is 0 Å². The summed E-state index contributed by atoms with van der Waals surface area (Å²) in [5.74, 6) is 0.548. The lowest BCUT2D eigenvalue weighted by Gasteiger charge is -2.24. The molecule has 1 atom stereocenters. The summed E-state index contributed by atoms with van der Waals surface area (Å²) in [4.78, 5) is 10.6. The van der Waals surface area contributed by atoms with E-state index in [1.165, 1.54) is 6.07 Å². The van der Waals surface area contributed by atoms with Crippen LogP contribution in [0.2, 0.25) is 0 Å². The first-order chi connectivity index (χ1) is 9.69. The number of nitro benzene ring substituents is 1. The van der Waals surface area contributed by atoms with E-state index >= 15 is 0 Å². The van der Waals surface area contributed by atoms with Crippen molar-refractivity contribution < 1.29 is 9.66 Å². The number of benzene rings is 1. The highest BCUT2D eigenvalue weighted by molar-refractivity contribution is 5.56. The molecule has 6 nitrogen and oxygen atoms in total. The van der Waals surface area contributed by atoms with Crippen LogP contribution in [0.15, 0.2) is 18.2 Å². The third kappa shape index (κ3) is 4.09. The number of non-ortho nitro benzene ring substituents is 1. The van der Waals surface area contributed by atoms with Crippen molar-refractivity contribution in [3.05, 3.63) is 28.3 Å². The summed E-state index contributed by atoms with van der Waals surface area (Å²) in [6.07, 6.45) is 3.06. The first-order valence-corrected chi connectivity index (χ1v) is 7.08. The quantitative estimate of drug-likeness (QED) is 0.618. The Morgan fingerprint density at radius 1 is 1.50 bits per heavy atom. The van der Waals surface area contributed by atoms with E-state index in [0.29, 0.717) is 18.4 Å². The van der Waals surface area contributed by atoms with Crippen molar-refractivity contribution in [1.29, 1.82) is 0 Å². The maximum absolute atomic E-state index is 11.0. The first kappa shape index (κ1) is 14.6. The summed E-state index contributed by atoms with van der Waals surface area (Å²) >= 11 is 0. The Morgan fingerprint density at radius 2 is 2.35 bits per heavy atom. The molecule has 1 aromatic rings. The molecule has 1 saturated heterocycles. The van der Waals surface area contributed by atoms with Gasteiger partial charge in [0.25, 0.3) is 5.69 Å². The van der Waals surface area contributed by atoms with Crippen molar-refractivity contribution in [3.63, 3.8) is 0 Å². The number of nitro groups is 1. The van der Waals surface area contributed by atoms with Gasteiger partial charge in [-0.1, -0.05) is 6.92 Å². The molecule has 1 aliphatic heterocycles. The summed E-state index contributed by atoms with van der Waals surface area (Å²) in [6.45, 7) is 4.49. The van der Waals surface area contributed by atoms with Gasteiger partial charge in [-0.25, -0.2) is 0 Å². The molecule has 1 fully saturated rings. The lowest BCUT2D eigenvalue weighted by molar-refractivity contribution is -0.384. The Labute approximate surface area is 118 Å². The molecule has 6 heteroatoms. The van der Waals surface area contributed by atoms with Crippen LogP contribution in [0.4, 0.5) is 11.4 Å². The second kappa shape index (κ2) is 7.09. The predicted molar refractivity (Wildman–Crippen MR) is 78.4 cm³/mol. The van der Waals surface area contributed by atoms with E-state index in [9.17, 15) is 10.1 Å². The average molecular weight is 279 g/mol. The van der Waals surface area contributed by atoms with E-state index in [1.807, 2.05) is 13.0 Å². The first-order valence-electron chi connectivity index (χ1n) is 7.08. The molecule has 0 radical (unpaired) electrons. The Hall–Kier alpha value is -1.82. The van der Waals surface area contributed by atoms with Crippen LogP contribution < -0.4 is 15.4 Å². The van der Waals surface area contributed by atoms with Gasteiger partial charge in [0.2, 0.25) is 0 Å². The van der Waals surface area contributed by atoms with Crippen LogP contribution in [-0.4, -0.2) is 30.7 Å². The smallest absolute Gasteiger partial charge is 0.275 e. The van der Waals surface area contributed by atoms with E-state index in [4.69, 9.17) is 4.74 Å². The van der Waals surface area contributed by atoms with Crippen LogP contribution in [0.25, 0.3) is 0 Å². The van der Waals surface area contributed by atoms with Crippen molar-refractivity contribution in [3.8, 4) is 5.75 Å². The molecule has 1 unspecified atom stereocenters. The molecule has 0 saturated carbocycles. The SMILES string of the molecule is CCCOc1cc(NC2CCCNC2)cc([N+](=O)[O-])c1. The zero-order chi connectivity index (χ0) is 14.4. The fourth-order valence-electron chi connectivity index (χ4n) is 2.29. The molecule has 0 bridgehead atoms. The highest BCUT2D eigenvalue weighted by Gasteiger charge is 2.15. The Balaban J connectivity index is 2.12. The van der Waals surface area contributed by atoms with Crippen molar-refractivity contribution in [2.75, 3.05) is 25.0 Å². The van der Waals surface area contributed by atoms with Gasteiger partial charge in [-0.05, 0) is 25.8 Å². The largest absolute Gasteiger partial charge is 0.493 e. The van der Waals surface area contributed by atoms with Crippen molar-refractivity contribution in [1.82, 2.24) is 5.32 Å². The number of nitrogens with one attached hydrogen (secondary N) is 2. The summed E-state index contributed by atoms with van der Waals surface area (Å²) in [7, 11) is 0. The molecule has 20 heavy (non-hydrogen) atoms. The Kier molecular flexibility index (Phi) is 5.17. The molecule has 1 aliphatic rings. The van der Waals surface area contributed by atoms with Crippen molar-refractivity contribution in [2.24, 2.45) is 0 Å². The number of hydrogen-bond acceptors (Lipinski definition) is 5. The molecule has 0 spiro atoms. The van der Waals surface area contributed by atoms with Gasteiger partial charge in [0.05, 0.1) is 17.6 Å². The van der Waals surface area contributed by atoms with Crippen LogP contribution >= 0.6 is 0 Å². The zero-order valence-electron chi connectivity index (χ0n) is 11.7. The fraction of sp³-hybridized carbons (Fsp3) is 0.571. The molecule has 1 aromatic carbocycles. The number of nitrogens with zero attached hydrogens (tertiary/aromatic N) is 1. The average Bonchev–Trinajstić information content (AvgIpc) is 2.46. The van der Waals surface area contributed by atoms with Gasteiger partial charge in [-0.2, -0.15) is 0 Å². The minimum absolute atomic E-state index is 0.0601. The summed E-state index contributed by atoms with van der Waals surface area (Å²) in [6, 6.07) is 5.18. The molecule has 110 valence electrons. The van der Waals surface area contributed by atoms with Gasteiger partial charge in [0.1, 0.15) is 5.75 Å². The molecular formula is C14H21N3O3. The normalized spacial score (nSPS) is 18.6. The predicted octanol–water partition coefficient (Wildman–Crippen LogP) is 2.55. The van der Waals surface area contributed by atoms with Crippen LogP contribution in [0, 0.1) is 10.1 Å². The number of anilines is 1. The van der Waals surface area contributed by atoms with E-state index in [0.717, 1.165) is 38.0 Å². The van der Waals surface area contributed by atoms with Crippen molar-refractivity contribution >= 4 is 11.4 Å². The second-order valence-electron chi connectivity index (χ2n) is 5.01. The third-order valence-corrected chi connectivity index (χ3v) is 3.24. The van der Waals surface area contributed by atoms with Crippen LogP contribution in [0.5, 0.6) is 5.75 Å². The van der Waals surface area contributed by atoms with Crippen LogP contribution in [0.1, 0.15) is 26.2 Å². The topological polar surface area (TPSA) is 76.4 Å². The maximum Gasteiger partial charge on any atom is 0.275 e. The minimum Gasteiger partial charge on any atom is -0.493 e. The lowest BCUT2D eigenvalue weighted by Crippen LogP contribution is -2.38. The third-order valence-electron chi connectivity index (χ3n) is 3.24. The lowest BCUT2D eigenvalue weighted by atomic mass is 10.1. The van der Waals surface area contributed by atoms with E-state index in [1.54, 1.807) is 6.07 Å². The molecule has 0 amide bonds. The maximum atomic E-state index is 11.0. The highest BCUT2D eigenvalue weighted by atomic mass is 16.6. The van der Waals surface area contributed by atoms with Gasteiger partial charge in [-0.15, -0.1) is 0 Å². The van der Waals surface area contributed by atoms with Gasteiger partial charge in [-0.3, -0.25) is 10.1 Å². The summed E-state index contributed by atoms with van der Waals surface area (Å²) < 4.78 is 5.52.